The molecule has 4 nitrogen and oxygen atoms in total. The molecule has 3 rings (SSSR count). The Kier molecular flexibility index (Phi) is 3.85. The molecule has 2 aromatic rings. The Labute approximate surface area is 130 Å². The molecular formula is C17H16NO3S. The van der Waals surface area contributed by atoms with Gasteiger partial charge in [-0.2, -0.15) is 4.31 Å². The highest BCUT2D eigenvalue weighted by Crippen LogP contribution is 2.28. The molecular weight excluding hydrogens is 298 g/mol. The molecule has 0 unspecified atom stereocenters. The topological polar surface area (TPSA) is 54.5 Å². The van der Waals surface area contributed by atoms with Crippen molar-refractivity contribution in [1.82, 2.24) is 4.31 Å². The van der Waals surface area contributed by atoms with Crippen LogP contribution in [-0.2, 0) is 27.8 Å². The molecule has 0 N–H and O–H groups in total. The van der Waals surface area contributed by atoms with Crippen LogP contribution < -0.4 is 0 Å². The van der Waals surface area contributed by atoms with Crippen molar-refractivity contribution in [3.05, 3.63) is 65.2 Å². The number of nitrogens with zero attached hydrogens (tertiary/aromatic N) is 1. The maximum atomic E-state index is 12.9. The van der Waals surface area contributed by atoms with Crippen molar-refractivity contribution in [3.63, 3.8) is 0 Å². The van der Waals surface area contributed by atoms with Crippen molar-refractivity contribution < 1.29 is 13.2 Å². The zero-order valence-corrected chi connectivity index (χ0v) is 13.0. The minimum absolute atomic E-state index is 0.201. The number of fused-ring (bicyclic) bond motifs is 1. The molecule has 0 aliphatic carbocycles. The average Bonchev–Trinajstić information content (AvgIpc) is 2.53. The lowest BCUT2D eigenvalue weighted by molar-refractivity contribution is 0.338. The summed E-state index contributed by atoms with van der Waals surface area (Å²) < 4.78 is 27.0. The van der Waals surface area contributed by atoms with Crippen molar-refractivity contribution in [2.45, 2.75) is 30.8 Å². The molecule has 113 valence electrons. The highest BCUT2D eigenvalue weighted by atomic mass is 32.2. The zero-order chi connectivity index (χ0) is 15.7. The molecule has 0 amide bonds. The van der Waals surface area contributed by atoms with Crippen LogP contribution in [-0.4, -0.2) is 25.1 Å². The highest BCUT2D eigenvalue weighted by molar-refractivity contribution is 7.89. The van der Waals surface area contributed by atoms with Gasteiger partial charge < -0.3 is 0 Å². The maximum absolute atomic E-state index is 12.9. The van der Waals surface area contributed by atoms with E-state index in [-0.39, 0.29) is 11.4 Å². The van der Waals surface area contributed by atoms with Gasteiger partial charge in [0.15, 0.2) is 0 Å². The molecule has 1 aliphatic heterocycles. The third-order valence-corrected chi connectivity index (χ3v) is 5.79. The van der Waals surface area contributed by atoms with E-state index in [4.69, 9.17) is 0 Å². The third-order valence-electron chi connectivity index (χ3n) is 3.94. The van der Waals surface area contributed by atoms with Gasteiger partial charge in [0.05, 0.1) is 10.9 Å². The summed E-state index contributed by atoms with van der Waals surface area (Å²) in [4.78, 5) is 11.5. The van der Waals surface area contributed by atoms with E-state index in [9.17, 15) is 13.2 Å². The van der Waals surface area contributed by atoms with Gasteiger partial charge in [0.1, 0.15) is 0 Å². The number of rotatable bonds is 3. The largest absolute Gasteiger partial charge is 0.289 e. The molecule has 5 heteroatoms. The van der Waals surface area contributed by atoms with E-state index in [1.807, 2.05) is 43.5 Å². The van der Waals surface area contributed by atoms with Gasteiger partial charge >= 0.3 is 0 Å². The second-order valence-electron chi connectivity index (χ2n) is 5.47. The molecule has 1 heterocycles. The van der Waals surface area contributed by atoms with Crippen LogP contribution in [0.5, 0.6) is 0 Å². The first-order chi connectivity index (χ1) is 10.5. The lowest BCUT2D eigenvalue weighted by Crippen LogP contribution is -2.45. The monoisotopic (exact) mass is 314 g/mol. The van der Waals surface area contributed by atoms with E-state index in [0.29, 0.717) is 6.42 Å². The van der Waals surface area contributed by atoms with E-state index in [1.165, 1.54) is 4.31 Å². The fraction of sp³-hybridized carbons (Fsp3) is 0.235. The smallest absolute Gasteiger partial charge is 0.244 e. The fourth-order valence-corrected chi connectivity index (χ4v) is 4.38. The number of carbonyl (C=O) groups excluding carboxylic acids is 1. The van der Waals surface area contributed by atoms with Crippen molar-refractivity contribution >= 4 is 16.3 Å². The quantitative estimate of drug-likeness (QED) is 0.873. The molecule has 0 fully saturated rings. The van der Waals surface area contributed by atoms with Gasteiger partial charge in [0, 0.05) is 6.54 Å². The summed E-state index contributed by atoms with van der Waals surface area (Å²) in [5.74, 6) is 0. The van der Waals surface area contributed by atoms with E-state index in [2.05, 4.69) is 0 Å². The van der Waals surface area contributed by atoms with Gasteiger partial charge in [-0.15, -0.1) is 0 Å². The fourth-order valence-electron chi connectivity index (χ4n) is 2.76. The normalized spacial score (nSPS) is 18.7. The van der Waals surface area contributed by atoms with Crippen molar-refractivity contribution in [1.29, 1.82) is 0 Å². The first-order valence-corrected chi connectivity index (χ1v) is 8.49. The molecule has 0 saturated heterocycles. The van der Waals surface area contributed by atoms with Gasteiger partial charge in [-0.05, 0) is 42.2 Å². The van der Waals surface area contributed by atoms with Crippen LogP contribution >= 0.6 is 0 Å². The second-order valence-corrected chi connectivity index (χ2v) is 7.36. The van der Waals surface area contributed by atoms with Crippen molar-refractivity contribution in [3.8, 4) is 0 Å². The standard InChI is InChI=1S/C17H16NO3S/c1-13-5-4-8-17(9-13)22(20,21)18-11-15-7-3-2-6-14(15)10-16(18)12-19/h2-9,16H,10-11H2,1H3/t16-/m0/s1. The molecule has 1 aliphatic rings. The Balaban J connectivity index is 2.04. The SMILES string of the molecule is Cc1cccc(S(=O)(=O)N2Cc3ccccc3C[C@H]2[C]=O)c1. The van der Waals surface area contributed by atoms with Crippen LogP contribution in [0.2, 0.25) is 0 Å². The van der Waals surface area contributed by atoms with Crippen molar-refractivity contribution in [2.75, 3.05) is 0 Å². The molecule has 0 spiro atoms. The summed E-state index contributed by atoms with van der Waals surface area (Å²) in [7, 11) is -3.72. The zero-order valence-electron chi connectivity index (χ0n) is 12.2. The van der Waals surface area contributed by atoms with Crippen molar-refractivity contribution in [2.24, 2.45) is 0 Å². The molecule has 1 radical (unpaired) electrons. The number of hydrogen-bond acceptors (Lipinski definition) is 3. The lowest BCUT2D eigenvalue weighted by Gasteiger charge is -2.32. The minimum Gasteiger partial charge on any atom is -0.289 e. The third kappa shape index (κ3) is 2.58. The molecule has 22 heavy (non-hydrogen) atoms. The Bertz CT molecular complexity index is 814. The Morgan fingerprint density at radius 2 is 1.82 bits per heavy atom. The number of hydrogen-bond donors (Lipinski definition) is 0. The van der Waals surface area contributed by atoms with Crippen LogP contribution in [0.25, 0.3) is 0 Å². The summed E-state index contributed by atoms with van der Waals surface area (Å²) >= 11 is 0. The lowest BCUT2D eigenvalue weighted by atomic mass is 9.97. The summed E-state index contributed by atoms with van der Waals surface area (Å²) in [5, 5.41) is 0. The first kappa shape index (κ1) is 14.9. The Hall–Kier alpha value is -1.98. The summed E-state index contributed by atoms with van der Waals surface area (Å²) in [6, 6.07) is 13.6. The van der Waals surface area contributed by atoms with E-state index < -0.39 is 16.1 Å². The summed E-state index contributed by atoms with van der Waals surface area (Å²) in [5.41, 5.74) is 2.81. The summed E-state index contributed by atoms with van der Waals surface area (Å²) in [6.07, 6.45) is 2.25. The highest BCUT2D eigenvalue weighted by Gasteiger charge is 2.35. The molecule has 0 bridgehead atoms. The molecule has 2 aromatic carbocycles. The molecule has 1 atom stereocenters. The van der Waals surface area contributed by atoms with Gasteiger partial charge in [0.25, 0.3) is 0 Å². The van der Waals surface area contributed by atoms with Gasteiger partial charge in [-0.3, -0.25) is 4.79 Å². The first-order valence-electron chi connectivity index (χ1n) is 7.05. The van der Waals surface area contributed by atoms with E-state index >= 15 is 0 Å². The van der Waals surface area contributed by atoms with E-state index in [1.54, 1.807) is 18.2 Å². The van der Waals surface area contributed by atoms with Crippen LogP contribution in [0.1, 0.15) is 16.7 Å². The average molecular weight is 314 g/mol. The van der Waals surface area contributed by atoms with Crippen LogP contribution in [0.4, 0.5) is 0 Å². The van der Waals surface area contributed by atoms with Crippen LogP contribution in [0, 0.1) is 6.92 Å². The summed E-state index contributed by atoms with van der Waals surface area (Å²) in [6.45, 7) is 2.04. The maximum Gasteiger partial charge on any atom is 0.244 e. The number of benzene rings is 2. The number of aryl methyl sites for hydroxylation is 1. The van der Waals surface area contributed by atoms with Gasteiger partial charge in [-0.25, -0.2) is 8.42 Å². The Morgan fingerprint density at radius 3 is 2.50 bits per heavy atom. The van der Waals surface area contributed by atoms with E-state index in [0.717, 1.165) is 16.7 Å². The molecule has 0 aromatic heterocycles. The Morgan fingerprint density at radius 1 is 1.09 bits per heavy atom. The number of sulfonamides is 1. The predicted octanol–water partition coefficient (Wildman–Crippen LogP) is 2.22. The van der Waals surface area contributed by atoms with Gasteiger partial charge in [0.2, 0.25) is 16.3 Å². The second kappa shape index (κ2) is 5.66. The van der Waals surface area contributed by atoms with Gasteiger partial charge in [-0.1, -0.05) is 36.4 Å². The predicted molar refractivity (Wildman–Crippen MR) is 83.5 cm³/mol. The molecule has 0 saturated carbocycles. The van der Waals surface area contributed by atoms with Crippen LogP contribution in [0.15, 0.2) is 53.4 Å². The van der Waals surface area contributed by atoms with Crippen LogP contribution in [0.3, 0.4) is 0 Å². The minimum atomic E-state index is -3.72.